The Kier molecular flexibility index (Phi) is 5.69. The highest BCUT2D eigenvalue weighted by Crippen LogP contribution is 2.37. The van der Waals surface area contributed by atoms with Crippen LogP contribution in [0.15, 0.2) is 0 Å². The van der Waals surface area contributed by atoms with Gasteiger partial charge in [-0.15, -0.1) is 11.3 Å². The first-order valence-electron chi connectivity index (χ1n) is 7.05. The van der Waals surface area contributed by atoms with Crippen molar-refractivity contribution in [2.75, 3.05) is 12.8 Å². The Labute approximate surface area is 133 Å². The third-order valence-electron chi connectivity index (χ3n) is 4.05. The van der Waals surface area contributed by atoms with Gasteiger partial charge in [-0.2, -0.15) is 11.8 Å². The molecular formula is C14H22N2OS3. The molecule has 20 heavy (non-hydrogen) atoms. The number of amides is 1. The molecule has 1 amide bonds. The average Bonchev–Trinajstić information content (AvgIpc) is 2.76. The van der Waals surface area contributed by atoms with Gasteiger partial charge in [-0.1, -0.05) is 19.3 Å². The fourth-order valence-electron chi connectivity index (χ4n) is 2.72. The van der Waals surface area contributed by atoms with E-state index in [9.17, 15) is 4.79 Å². The molecule has 0 atom stereocenters. The van der Waals surface area contributed by atoms with Crippen LogP contribution in [0, 0.1) is 10.9 Å². The fourth-order valence-corrected chi connectivity index (χ4v) is 4.93. The number of aromatic amines is 1. The second-order valence-corrected chi connectivity index (χ2v) is 8.51. The maximum Gasteiger partial charge on any atom is 0.225 e. The summed E-state index contributed by atoms with van der Waals surface area (Å²) in [4.78, 5) is 16.2. The van der Waals surface area contributed by atoms with Gasteiger partial charge in [-0.05, 0) is 38.2 Å². The van der Waals surface area contributed by atoms with Gasteiger partial charge in [0.25, 0.3) is 0 Å². The molecule has 0 unspecified atom stereocenters. The Balaban J connectivity index is 1.88. The van der Waals surface area contributed by atoms with Crippen molar-refractivity contribution in [3.63, 3.8) is 0 Å². The van der Waals surface area contributed by atoms with Crippen molar-refractivity contribution in [1.82, 2.24) is 10.3 Å². The van der Waals surface area contributed by atoms with E-state index in [4.69, 9.17) is 12.2 Å². The minimum atomic E-state index is 0.109. The van der Waals surface area contributed by atoms with E-state index >= 15 is 0 Å². The van der Waals surface area contributed by atoms with Crippen LogP contribution in [0.25, 0.3) is 0 Å². The van der Waals surface area contributed by atoms with E-state index in [0.717, 1.165) is 21.1 Å². The van der Waals surface area contributed by atoms with Crippen LogP contribution in [0.2, 0.25) is 0 Å². The standard InChI is InChI=1S/C14H22N2OS3/c1-10-11(20-13(18)16-10)8-12(17)15-9-14(19-2)6-4-3-5-7-14/h3-9H2,1-2H3,(H,15,17)(H,16,18). The van der Waals surface area contributed by atoms with Crippen molar-refractivity contribution in [2.24, 2.45) is 0 Å². The number of H-pyrrole nitrogens is 1. The van der Waals surface area contributed by atoms with Gasteiger partial charge in [0.05, 0.1) is 6.42 Å². The molecule has 0 bridgehead atoms. The predicted octanol–water partition coefficient (Wildman–Crippen LogP) is 3.84. The quantitative estimate of drug-likeness (QED) is 0.806. The number of thiazole rings is 1. The molecule has 1 aliphatic carbocycles. The van der Waals surface area contributed by atoms with Crippen molar-refractivity contribution < 1.29 is 4.79 Å². The second-order valence-electron chi connectivity index (χ2n) is 5.46. The van der Waals surface area contributed by atoms with Crippen LogP contribution in [-0.4, -0.2) is 28.4 Å². The molecule has 0 aromatic carbocycles. The minimum absolute atomic E-state index is 0.109. The third-order valence-corrected chi connectivity index (χ3v) is 6.81. The summed E-state index contributed by atoms with van der Waals surface area (Å²) in [5.41, 5.74) is 1.02. The highest BCUT2D eigenvalue weighted by Gasteiger charge is 2.31. The van der Waals surface area contributed by atoms with E-state index in [-0.39, 0.29) is 10.7 Å². The van der Waals surface area contributed by atoms with Crippen LogP contribution < -0.4 is 5.32 Å². The molecule has 1 aliphatic rings. The van der Waals surface area contributed by atoms with Gasteiger partial charge in [-0.25, -0.2) is 0 Å². The Morgan fingerprint density at radius 2 is 2.15 bits per heavy atom. The molecule has 6 heteroatoms. The Hall–Kier alpha value is -0.330. The lowest BCUT2D eigenvalue weighted by atomic mass is 9.88. The summed E-state index contributed by atoms with van der Waals surface area (Å²) in [6.45, 7) is 2.77. The minimum Gasteiger partial charge on any atom is -0.354 e. The molecular weight excluding hydrogens is 308 g/mol. The van der Waals surface area contributed by atoms with Gasteiger partial charge in [0.2, 0.25) is 5.91 Å². The number of thioether (sulfide) groups is 1. The maximum absolute atomic E-state index is 12.1. The first kappa shape index (κ1) is 16.0. The molecule has 2 N–H and O–H groups in total. The summed E-state index contributed by atoms with van der Waals surface area (Å²) in [5, 5.41) is 3.13. The number of carbonyl (C=O) groups excluding carboxylic acids is 1. The number of hydrogen-bond acceptors (Lipinski definition) is 4. The SMILES string of the molecule is CSC1(CNC(=O)Cc2sc(=S)[nH]c2C)CCCCC1. The lowest BCUT2D eigenvalue weighted by Crippen LogP contribution is -2.42. The van der Waals surface area contributed by atoms with Crippen molar-refractivity contribution in [1.29, 1.82) is 0 Å². The zero-order valence-electron chi connectivity index (χ0n) is 12.1. The molecule has 1 aromatic heterocycles. The molecule has 1 aromatic rings. The molecule has 0 radical (unpaired) electrons. The number of aryl methyl sites for hydroxylation is 1. The molecule has 112 valence electrons. The molecule has 1 heterocycles. The summed E-state index contributed by atoms with van der Waals surface area (Å²) in [7, 11) is 0. The van der Waals surface area contributed by atoms with Gasteiger partial charge >= 0.3 is 0 Å². The van der Waals surface area contributed by atoms with Crippen LogP contribution in [0.5, 0.6) is 0 Å². The van der Waals surface area contributed by atoms with E-state index in [0.29, 0.717) is 6.42 Å². The summed E-state index contributed by atoms with van der Waals surface area (Å²) >= 11 is 8.52. The van der Waals surface area contributed by atoms with E-state index in [1.54, 1.807) is 0 Å². The molecule has 0 aliphatic heterocycles. The summed E-state index contributed by atoms with van der Waals surface area (Å²) in [5.74, 6) is 0.109. The Morgan fingerprint density at radius 1 is 1.45 bits per heavy atom. The summed E-state index contributed by atoms with van der Waals surface area (Å²) in [6.07, 6.45) is 8.95. The normalized spacial score (nSPS) is 17.9. The smallest absolute Gasteiger partial charge is 0.225 e. The van der Waals surface area contributed by atoms with Crippen LogP contribution >= 0.6 is 35.3 Å². The van der Waals surface area contributed by atoms with Crippen molar-refractivity contribution in [2.45, 2.75) is 50.2 Å². The number of nitrogens with one attached hydrogen (secondary N) is 2. The van der Waals surface area contributed by atoms with Crippen molar-refractivity contribution >= 4 is 41.2 Å². The van der Waals surface area contributed by atoms with E-state index in [2.05, 4.69) is 16.6 Å². The van der Waals surface area contributed by atoms with Gasteiger partial charge < -0.3 is 10.3 Å². The maximum atomic E-state index is 12.1. The van der Waals surface area contributed by atoms with Gasteiger partial charge in [0, 0.05) is 21.9 Å². The average molecular weight is 331 g/mol. The Morgan fingerprint density at radius 3 is 2.70 bits per heavy atom. The van der Waals surface area contributed by atoms with E-state index < -0.39 is 0 Å². The first-order chi connectivity index (χ1) is 9.54. The van der Waals surface area contributed by atoms with Crippen molar-refractivity contribution in [3.05, 3.63) is 14.5 Å². The van der Waals surface area contributed by atoms with E-state index in [1.807, 2.05) is 18.7 Å². The molecule has 3 nitrogen and oxygen atoms in total. The van der Waals surface area contributed by atoms with Crippen LogP contribution in [0.4, 0.5) is 0 Å². The number of aromatic nitrogens is 1. The third kappa shape index (κ3) is 4.09. The second kappa shape index (κ2) is 7.09. The van der Waals surface area contributed by atoms with Crippen molar-refractivity contribution in [3.8, 4) is 0 Å². The summed E-state index contributed by atoms with van der Waals surface area (Å²) < 4.78 is 1.01. The molecule has 0 spiro atoms. The first-order valence-corrected chi connectivity index (χ1v) is 9.50. The highest BCUT2D eigenvalue weighted by molar-refractivity contribution is 8.00. The molecule has 2 rings (SSSR count). The number of hydrogen-bond donors (Lipinski definition) is 2. The molecule has 1 fully saturated rings. The number of carbonyl (C=O) groups is 1. The zero-order valence-corrected chi connectivity index (χ0v) is 14.5. The highest BCUT2D eigenvalue weighted by atomic mass is 32.2. The lowest BCUT2D eigenvalue weighted by molar-refractivity contribution is -0.120. The fraction of sp³-hybridized carbons (Fsp3) is 0.714. The van der Waals surface area contributed by atoms with Crippen LogP contribution in [0.1, 0.15) is 42.7 Å². The monoisotopic (exact) mass is 330 g/mol. The van der Waals surface area contributed by atoms with Gasteiger partial charge in [0.15, 0.2) is 3.95 Å². The topological polar surface area (TPSA) is 44.9 Å². The molecule has 0 saturated heterocycles. The zero-order chi connectivity index (χ0) is 14.6. The largest absolute Gasteiger partial charge is 0.354 e. The predicted molar refractivity (Wildman–Crippen MR) is 90.3 cm³/mol. The Bertz CT molecular complexity index is 515. The van der Waals surface area contributed by atoms with Crippen LogP contribution in [-0.2, 0) is 11.2 Å². The summed E-state index contributed by atoms with van der Waals surface area (Å²) in [6, 6.07) is 0. The molecule has 1 saturated carbocycles. The van der Waals surface area contributed by atoms with E-state index in [1.165, 1.54) is 43.4 Å². The van der Waals surface area contributed by atoms with Gasteiger partial charge in [0.1, 0.15) is 0 Å². The number of rotatable bonds is 5. The van der Waals surface area contributed by atoms with Crippen LogP contribution in [0.3, 0.4) is 0 Å². The lowest BCUT2D eigenvalue weighted by Gasteiger charge is -2.35. The van der Waals surface area contributed by atoms with Gasteiger partial charge in [-0.3, -0.25) is 4.79 Å².